The normalized spacial score (nSPS) is 14.4. The van der Waals surface area contributed by atoms with Gasteiger partial charge in [-0.15, -0.1) is 0 Å². The highest BCUT2D eigenvalue weighted by molar-refractivity contribution is 5.35. The van der Waals surface area contributed by atoms with Gasteiger partial charge in [0.25, 0.3) is 0 Å². The number of nitrogens with zero attached hydrogens (tertiary/aromatic N) is 3. The minimum absolute atomic E-state index is 0.0277. The zero-order valence-electron chi connectivity index (χ0n) is 14.3. The number of aromatic nitrogens is 2. The minimum atomic E-state index is -0.0277. The summed E-state index contributed by atoms with van der Waals surface area (Å²) in [6, 6.07) is 2.27. The van der Waals surface area contributed by atoms with E-state index in [-0.39, 0.29) is 10.8 Å². The van der Waals surface area contributed by atoms with Crippen molar-refractivity contribution in [2.75, 3.05) is 26.0 Å². The van der Waals surface area contributed by atoms with Crippen LogP contribution in [0.3, 0.4) is 0 Å². The molecule has 1 heterocycles. The first-order valence-corrected chi connectivity index (χ1v) is 7.27. The molecule has 1 aromatic heterocycles. The van der Waals surface area contributed by atoms with Crippen molar-refractivity contribution in [1.29, 1.82) is 0 Å². The molecule has 4 nitrogen and oxygen atoms in total. The lowest BCUT2D eigenvalue weighted by Crippen LogP contribution is -2.41. The van der Waals surface area contributed by atoms with Gasteiger partial charge in [-0.05, 0) is 32.5 Å². The van der Waals surface area contributed by atoms with E-state index in [0.717, 1.165) is 18.2 Å². The van der Waals surface area contributed by atoms with Gasteiger partial charge in [-0.25, -0.2) is 9.97 Å². The Morgan fingerprint density at radius 3 is 2.30 bits per heavy atom. The summed E-state index contributed by atoms with van der Waals surface area (Å²) in [6.45, 7) is 14.2. The topological polar surface area (TPSA) is 41.1 Å². The molecule has 0 bridgehead atoms. The van der Waals surface area contributed by atoms with E-state index in [1.807, 2.05) is 12.3 Å². The average Bonchev–Trinajstić information content (AvgIpc) is 2.26. The van der Waals surface area contributed by atoms with E-state index in [1.54, 1.807) is 0 Å². The largest absolute Gasteiger partial charge is 0.367 e. The van der Waals surface area contributed by atoms with Gasteiger partial charge in [0.1, 0.15) is 11.6 Å². The van der Waals surface area contributed by atoms with Crippen LogP contribution in [0.25, 0.3) is 0 Å². The summed E-state index contributed by atoms with van der Waals surface area (Å²) in [4.78, 5) is 11.2. The van der Waals surface area contributed by atoms with E-state index >= 15 is 0 Å². The van der Waals surface area contributed by atoms with Gasteiger partial charge in [-0.3, -0.25) is 0 Å². The molecule has 20 heavy (non-hydrogen) atoms. The Kier molecular flexibility index (Phi) is 5.14. The summed E-state index contributed by atoms with van der Waals surface area (Å²) in [5.74, 6) is 1.78. The predicted molar refractivity (Wildman–Crippen MR) is 86.2 cm³/mol. The van der Waals surface area contributed by atoms with Crippen LogP contribution in [-0.2, 0) is 5.41 Å². The van der Waals surface area contributed by atoms with Crippen molar-refractivity contribution >= 4 is 5.82 Å². The second-order valence-electron chi connectivity index (χ2n) is 7.61. The molecule has 1 atom stereocenters. The Bertz CT molecular complexity index is 432. The van der Waals surface area contributed by atoms with Crippen molar-refractivity contribution in [1.82, 2.24) is 14.9 Å². The highest BCUT2D eigenvalue weighted by atomic mass is 15.1. The van der Waals surface area contributed by atoms with Crippen LogP contribution >= 0.6 is 0 Å². The minimum Gasteiger partial charge on any atom is -0.367 e. The standard InChI is InChI=1S/C16H30N4/c1-12(16(5,6)11-20(7)8)18-13-9-10-17-14(19-13)15(2,3)4/h9-10,12H,11H2,1-8H3,(H,17,18,19). The molecule has 0 radical (unpaired) electrons. The average molecular weight is 278 g/mol. The summed E-state index contributed by atoms with van der Waals surface area (Å²) in [7, 11) is 4.22. The maximum Gasteiger partial charge on any atom is 0.135 e. The second kappa shape index (κ2) is 6.08. The molecule has 0 aliphatic rings. The molecular weight excluding hydrogens is 248 g/mol. The number of rotatable bonds is 5. The quantitative estimate of drug-likeness (QED) is 0.898. The second-order valence-corrected chi connectivity index (χ2v) is 7.61. The highest BCUT2D eigenvalue weighted by Gasteiger charge is 2.27. The van der Waals surface area contributed by atoms with Gasteiger partial charge < -0.3 is 10.2 Å². The van der Waals surface area contributed by atoms with Crippen LogP contribution in [-0.4, -0.2) is 41.5 Å². The summed E-state index contributed by atoms with van der Waals surface area (Å²) < 4.78 is 0. The van der Waals surface area contributed by atoms with Crippen molar-refractivity contribution in [3.05, 3.63) is 18.1 Å². The fourth-order valence-electron chi connectivity index (χ4n) is 2.17. The van der Waals surface area contributed by atoms with Gasteiger partial charge in [0.2, 0.25) is 0 Å². The molecule has 0 spiro atoms. The van der Waals surface area contributed by atoms with Crippen LogP contribution in [0.5, 0.6) is 0 Å². The maximum absolute atomic E-state index is 4.64. The van der Waals surface area contributed by atoms with E-state index in [9.17, 15) is 0 Å². The summed E-state index contributed by atoms with van der Waals surface area (Å²) in [5, 5.41) is 3.52. The van der Waals surface area contributed by atoms with Crippen LogP contribution in [0.2, 0.25) is 0 Å². The number of hydrogen-bond acceptors (Lipinski definition) is 4. The monoisotopic (exact) mass is 278 g/mol. The van der Waals surface area contributed by atoms with Crippen LogP contribution in [0.15, 0.2) is 12.3 Å². The van der Waals surface area contributed by atoms with Crippen molar-refractivity contribution in [2.24, 2.45) is 5.41 Å². The summed E-state index contributed by atoms with van der Waals surface area (Å²) in [5.41, 5.74) is 0.135. The summed E-state index contributed by atoms with van der Waals surface area (Å²) in [6.07, 6.45) is 1.83. The molecule has 114 valence electrons. The Morgan fingerprint density at radius 1 is 1.20 bits per heavy atom. The Balaban J connectivity index is 2.83. The molecular formula is C16H30N4. The summed E-state index contributed by atoms with van der Waals surface area (Å²) >= 11 is 0. The predicted octanol–water partition coefficient (Wildman–Crippen LogP) is 3.16. The van der Waals surface area contributed by atoms with Crippen LogP contribution < -0.4 is 5.32 Å². The third-order valence-electron chi connectivity index (χ3n) is 3.59. The molecule has 0 amide bonds. The molecule has 0 saturated heterocycles. The maximum atomic E-state index is 4.64. The van der Waals surface area contributed by atoms with E-state index in [2.05, 4.69) is 75.8 Å². The lowest BCUT2D eigenvalue weighted by molar-refractivity contribution is 0.217. The molecule has 0 aliphatic heterocycles. The number of hydrogen-bond donors (Lipinski definition) is 1. The molecule has 0 saturated carbocycles. The van der Waals surface area contributed by atoms with Gasteiger partial charge in [0, 0.05) is 24.2 Å². The van der Waals surface area contributed by atoms with Gasteiger partial charge in [0.15, 0.2) is 0 Å². The lowest BCUT2D eigenvalue weighted by Gasteiger charge is -2.35. The molecule has 1 aromatic rings. The Morgan fingerprint density at radius 2 is 1.80 bits per heavy atom. The van der Waals surface area contributed by atoms with Crippen LogP contribution in [0.1, 0.15) is 47.4 Å². The first-order chi connectivity index (χ1) is 9.02. The third-order valence-corrected chi connectivity index (χ3v) is 3.59. The molecule has 1 N–H and O–H groups in total. The van der Waals surface area contributed by atoms with Crippen LogP contribution in [0, 0.1) is 5.41 Å². The third kappa shape index (κ3) is 4.75. The van der Waals surface area contributed by atoms with E-state index in [1.165, 1.54) is 0 Å². The van der Waals surface area contributed by atoms with E-state index in [0.29, 0.717) is 6.04 Å². The molecule has 0 fully saturated rings. The van der Waals surface area contributed by atoms with Gasteiger partial charge in [0.05, 0.1) is 0 Å². The Labute approximate surface area is 124 Å². The zero-order chi connectivity index (χ0) is 15.6. The smallest absolute Gasteiger partial charge is 0.135 e. The van der Waals surface area contributed by atoms with Crippen molar-refractivity contribution in [2.45, 2.75) is 53.0 Å². The zero-order valence-corrected chi connectivity index (χ0v) is 14.3. The van der Waals surface area contributed by atoms with E-state index in [4.69, 9.17) is 0 Å². The Hall–Kier alpha value is -1.16. The first-order valence-electron chi connectivity index (χ1n) is 7.27. The van der Waals surface area contributed by atoms with Crippen molar-refractivity contribution in [3.8, 4) is 0 Å². The van der Waals surface area contributed by atoms with Gasteiger partial charge >= 0.3 is 0 Å². The van der Waals surface area contributed by atoms with Gasteiger partial charge in [-0.1, -0.05) is 34.6 Å². The van der Waals surface area contributed by atoms with Gasteiger partial charge in [-0.2, -0.15) is 0 Å². The molecule has 4 heteroatoms. The number of anilines is 1. The van der Waals surface area contributed by atoms with Crippen molar-refractivity contribution in [3.63, 3.8) is 0 Å². The fourth-order valence-corrected chi connectivity index (χ4v) is 2.17. The molecule has 1 unspecified atom stereocenters. The van der Waals surface area contributed by atoms with E-state index < -0.39 is 0 Å². The van der Waals surface area contributed by atoms with Crippen LogP contribution in [0.4, 0.5) is 5.82 Å². The number of nitrogens with one attached hydrogen (secondary N) is 1. The highest BCUT2D eigenvalue weighted by Crippen LogP contribution is 2.25. The molecule has 0 aromatic carbocycles. The SMILES string of the molecule is CC(Nc1ccnc(C(C)(C)C)n1)C(C)(C)CN(C)C. The lowest BCUT2D eigenvalue weighted by atomic mass is 9.85. The van der Waals surface area contributed by atoms with Crippen molar-refractivity contribution < 1.29 is 0 Å². The molecule has 0 aliphatic carbocycles. The first kappa shape index (κ1) is 16.9. The fraction of sp³-hybridized carbons (Fsp3) is 0.750. The molecule has 1 rings (SSSR count).